The molecule has 0 bridgehead atoms. The van der Waals surface area contributed by atoms with Gasteiger partial charge in [0.25, 0.3) is 11.2 Å². The van der Waals surface area contributed by atoms with E-state index in [1.807, 2.05) is 13.8 Å². The Morgan fingerprint density at radius 2 is 1.94 bits per heavy atom. The highest BCUT2D eigenvalue weighted by Gasteiger charge is 2.14. The average molecular weight is 232 g/mol. The molecule has 0 atom stereocenters. The van der Waals surface area contributed by atoms with E-state index in [1.54, 1.807) is 22.9 Å². The normalized spacial score (nSPS) is 11.0. The van der Waals surface area contributed by atoms with Crippen molar-refractivity contribution in [3.63, 3.8) is 0 Å². The van der Waals surface area contributed by atoms with Crippen LogP contribution in [0.5, 0.6) is 0 Å². The number of aromatic nitrogens is 1. The van der Waals surface area contributed by atoms with E-state index in [9.17, 15) is 14.9 Å². The van der Waals surface area contributed by atoms with Gasteiger partial charge in [0.1, 0.15) is 0 Å². The van der Waals surface area contributed by atoms with Gasteiger partial charge in [-0.1, -0.05) is 6.07 Å². The Balaban J connectivity index is 2.86. The smallest absolute Gasteiger partial charge is 0.277 e. The first-order valence-corrected chi connectivity index (χ1v) is 5.30. The maximum atomic E-state index is 12.1. The minimum absolute atomic E-state index is 0.0319. The van der Waals surface area contributed by atoms with Gasteiger partial charge in [0, 0.05) is 18.3 Å². The number of benzene rings is 1. The lowest BCUT2D eigenvalue weighted by Gasteiger charge is -2.10. The molecule has 0 amide bonds. The molecule has 0 saturated carbocycles. The van der Waals surface area contributed by atoms with Crippen LogP contribution in [-0.4, -0.2) is 9.49 Å². The number of nitrogens with zero attached hydrogens (tertiary/aromatic N) is 2. The number of fused-ring (bicyclic) bond motifs is 1. The molecule has 0 unspecified atom stereocenters. The van der Waals surface area contributed by atoms with E-state index in [2.05, 4.69) is 0 Å². The summed E-state index contributed by atoms with van der Waals surface area (Å²) in [5.74, 6) is 0. The zero-order valence-electron chi connectivity index (χ0n) is 9.58. The molecule has 0 saturated heterocycles. The van der Waals surface area contributed by atoms with E-state index in [4.69, 9.17) is 0 Å². The zero-order valence-corrected chi connectivity index (χ0v) is 9.58. The van der Waals surface area contributed by atoms with Crippen molar-refractivity contribution in [1.29, 1.82) is 0 Å². The molecule has 1 heterocycles. The van der Waals surface area contributed by atoms with Crippen LogP contribution < -0.4 is 5.56 Å². The summed E-state index contributed by atoms with van der Waals surface area (Å²) in [4.78, 5) is 22.5. The van der Waals surface area contributed by atoms with Crippen molar-refractivity contribution in [2.24, 2.45) is 0 Å². The van der Waals surface area contributed by atoms with E-state index in [-0.39, 0.29) is 17.3 Å². The molecule has 1 aromatic carbocycles. The van der Waals surface area contributed by atoms with Gasteiger partial charge in [-0.05, 0) is 26.0 Å². The molecule has 0 aliphatic heterocycles. The third-order valence-corrected chi connectivity index (χ3v) is 2.70. The second-order valence-electron chi connectivity index (χ2n) is 4.12. The van der Waals surface area contributed by atoms with Gasteiger partial charge in [-0.2, -0.15) is 0 Å². The number of nitro benzene ring substituents is 1. The highest BCUT2D eigenvalue weighted by atomic mass is 16.6. The number of nitro groups is 1. The fourth-order valence-corrected chi connectivity index (χ4v) is 1.84. The van der Waals surface area contributed by atoms with E-state index in [0.29, 0.717) is 10.8 Å². The molecule has 0 aliphatic rings. The molecule has 0 aliphatic carbocycles. The molecule has 88 valence electrons. The molecule has 2 rings (SSSR count). The highest BCUT2D eigenvalue weighted by Crippen LogP contribution is 2.23. The second kappa shape index (κ2) is 4.01. The summed E-state index contributed by atoms with van der Waals surface area (Å²) in [5, 5.41) is 11.6. The summed E-state index contributed by atoms with van der Waals surface area (Å²) in [7, 11) is 0. The summed E-state index contributed by atoms with van der Waals surface area (Å²) in [6.07, 6.45) is 1.60. The first-order chi connectivity index (χ1) is 8.02. The van der Waals surface area contributed by atoms with Crippen LogP contribution in [0.3, 0.4) is 0 Å². The summed E-state index contributed by atoms with van der Waals surface area (Å²) < 4.78 is 1.56. The molecule has 2 aromatic rings. The van der Waals surface area contributed by atoms with E-state index >= 15 is 0 Å². The fraction of sp³-hybridized carbons (Fsp3) is 0.250. The Morgan fingerprint density at radius 1 is 1.24 bits per heavy atom. The lowest BCUT2D eigenvalue weighted by molar-refractivity contribution is -0.383. The van der Waals surface area contributed by atoms with Gasteiger partial charge >= 0.3 is 0 Å². The number of pyridine rings is 1. The molecular formula is C12H12N2O3. The topological polar surface area (TPSA) is 65.1 Å². The van der Waals surface area contributed by atoms with Crippen LogP contribution in [0.4, 0.5) is 5.69 Å². The first-order valence-electron chi connectivity index (χ1n) is 5.30. The van der Waals surface area contributed by atoms with Gasteiger partial charge in [-0.25, -0.2) is 0 Å². The highest BCUT2D eigenvalue weighted by molar-refractivity contribution is 5.89. The minimum Gasteiger partial charge on any atom is -0.312 e. The van der Waals surface area contributed by atoms with Gasteiger partial charge in [0.15, 0.2) is 0 Å². The lowest BCUT2D eigenvalue weighted by atomic mass is 10.1. The molecule has 17 heavy (non-hydrogen) atoms. The van der Waals surface area contributed by atoms with Crippen LogP contribution in [0.1, 0.15) is 19.9 Å². The quantitative estimate of drug-likeness (QED) is 0.590. The van der Waals surface area contributed by atoms with Gasteiger partial charge in [0.2, 0.25) is 0 Å². The van der Waals surface area contributed by atoms with Crippen molar-refractivity contribution in [2.75, 3.05) is 0 Å². The SMILES string of the molecule is CC(C)n1ccc2c([N+](=O)[O-])cccc2c1=O. The number of hydrogen-bond acceptors (Lipinski definition) is 3. The molecule has 5 heteroatoms. The summed E-state index contributed by atoms with van der Waals surface area (Å²) in [6, 6.07) is 6.21. The largest absolute Gasteiger partial charge is 0.312 e. The van der Waals surface area contributed by atoms with Crippen LogP contribution in [0.2, 0.25) is 0 Å². The van der Waals surface area contributed by atoms with E-state index < -0.39 is 4.92 Å². The average Bonchev–Trinajstić information content (AvgIpc) is 2.28. The molecule has 5 nitrogen and oxygen atoms in total. The van der Waals surface area contributed by atoms with Gasteiger partial charge in [-0.3, -0.25) is 14.9 Å². The van der Waals surface area contributed by atoms with Gasteiger partial charge < -0.3 is 4.57 Å². The van der Waals surface area contributed by atoms with E-state index in [1.165, 1.54) is 12.1 Å². The Morgan fingerprint density at radius 3 is 2.53 bits per heavy atom. The van der Waals surface area contributed by atoms with Crippen molar-refractivity contribution >= 4 is 16.5 Å². The second-order valence-corrected chi connectivity index (χ2v) is 4.12. The Hall–Kier alpha value is -2.17. The third-order valence-electron chi connectivity index (χ3n) is 2.70. The third kappa shape index (κ3) is 1.80. The summed E-state index contributed by atoms with van der Waals surface area (Å²) >= 11 is 0. The molecule has 0 radical (unpaired) electrons. The minimum atomic E-state index is -0.471. The number of hydrogen-bond donors (Lipinski definition) is 0. The monoisotopic (exact) mass is 232 g/mol. The van der Waals surface area contributed by atoms with Crippen LogP contribution >= 0.6 is 0 Å². The predicted octanol–water partition coefficient (Wildman–Crippen LogP) is 2.49. The van der Waals surface area contributed by atoms with Crippen molar-refractivity contribution < 1.29 is 4.92 Å². The molecule has 0 N–H and O–H groups in total. The Labute approximate surface area is 97.5 Å². The Bertz CT molecular complexity index is 644. The summed E-state index contributed by atoms with van der Waals surface area (Å²) in [6.45, 7) is 3.79. The molecular weight excluding hydrogens is 220 g/mol. The molecule has 0 fully saturated rings. The van der Waals surface area contributed by atoms with Crippen molar-refractivity contribution in [1.82, 2.24) is 4.57 Å². The zero-order chi connectivity index (χ0) is 12.6. The summed E-state index contributed by atoms with van der Waals surface area (Å²) in [5.41, 5.74) is -0.225. The molecule has 1 aromatic heterocycles. The maximum Gasteiger partial charge on any atom is 0.277 e. The van der Waals surface area contributed by atoms with Crippen molar-refractivity contribution in [3.8, 4) is 0 Å². The number of rotatable bonds is 2. The van der Waals surface area contributed by atoms with Crippen LogP contribution in [-0.2, 0) is 0 Å². The maximum absolute atomic E-state index is 12.1. The standard InChI is InChI=1S/C12H12N2O3/c1-8(2)13-7-6-9-10(12(13)15)4-3-5-11(9)14(16)17/h3-8H,1-2H3. The lowest BCUT2D eigenvalue weighted by Crippen LogP contribution is -2.21. The molecule has 0 spiro atoms. The number of non-ortho nitro benzene ring substituents is 1. The van der Waals surface area contributed by atoms with Crippen LogP contribution in [0.15, 0.2) is 35.3 Å². The Kier molecular flexibility index (Phi) is 2.67. The first kappa shape index (κ1) is 11.3. The van der Waals surface area contributed by atoms with Crippen LogP contribution in [0.25, 0.3) is 10.8 Å². The predicted molar refractivity (Wildman–Crippen MR) is 65.2 cm³/mol. The van der Waals surface area contributed by atoms with Gasteiger partial charge in [0.05, 0.1) is 15.7 Å². The van der Waals surface area contributed by atoms with Crippen molar-refractivity contribution in [2.45, 2.75) is 19.9 Å². The van der Waals surface area contributed by atoms with E-state index in [0.717, 1.165) is 0 Å². The van der Waals surface area contributed by atoms with Crippen LogP contribution in [0, 0.1) is 10.1 Å². The fourth-order valence-electron chi connectivity index (χ4n) is 1.84. The van der Waals surface area contributed by atoms with Crippen molar-refractivity contribution in [3.05, 3.63) is 50.9 Å². The van der Waals surface area contributed by atoms with Gasteiger partial charge in [-0.15, -0.1) is 0 Å².